The van der Waals surface area contributed by atoms with Crippen LogP contribution in [0.2, 0.25) is 0 Å². The van der Waals surface area contributed by atoms with Gasteiger partial charge in [-0.05, 0) is 114 Å². The van der Waals surface area contributed by atoms with Gasteiger partial charge in [0, 0.05) is 17.5 Å². The standard InChI is InChI=1S/C31H32F2NPS/c1-21-6-7-23(13-22(21)2)14-26(27-17-28(32)19-29(33)18-27)16-25-9-8-24(20-34-10-4-11-35)15-30(25)31-5-3-12-36-31/h3,5-9,12-13,15-19,34H,4,10-11,14,20,35H2,1-2H3/b26-16-. The van der Waals surface area contributed by atoms with Gasteiger partial charge >= 0.3 is 0 Å². The van der Waals surface area contributed by atoms with Crippen LogP contribution in [0, 0.1) is 25.5 Å². The minimum Gasteiger partial charge on any atom is -0.313 e. The van der Waals surface area contributed by atoms with Crippen LogP contribution in [0.5, 0.6) is 0 Å². The van der Waals surface area contributed by atoms with E-state index >= 15 is 0 Å². The Morgan fingerprint density at radius 2 is 1.69 bits per heavy atom. The topological polar surface area (TPSA) is 12.0 Å². The van der Waals surface area contributed by atoms with Crippen molar-refractivity contribution in [3.63, 3.8) is 0 Å². The summed E-state index contributed by atoms with van der Waals surface area (Å²) in [7, 11) is 2.76. The van der Waals surface area contributed by atoms with E-state index in [4.69, 9.17) is 0 Å². The highest BCUT2D eigenvalue weighted by molar-refractivity contribution is 7.16. The van der Waals surface area contributed by atoms with Crippen molar-refractivity contribution >= 4 is 32.2 Å². The molecule has 0 aliphatic carbocycles. The molecule has 0 amide bonds. The molecule has 4 aromatic rings. The normalized spacial score (nSPS) is 11.8. The minimum atomic E-state index is -0.568. The fourth-order valence-corrected chi connectivity index (χ4v) is 5.21. The van der Waals surface area contributed by atoms with Crippen molar-refractivity contribution in [2.45, 2.75) is 33.2 Å². The van der Waals surface area contributed by atoms with E-state index in [1.165, 1.54) is 33.7 Å². The molecule has 0 saturated heterocycles. The van der Waals surface area contributed by atoms with Gasteiger partial charge in [-0.25, -0.2) is 8.78 Å². The Balaban J connectivity index is 1.78. The molecule has 1 nitrogen and oxygen atoms in total. The van der Waals surface area contributed by atoms with Crippen LogP contribution in [-0.4, -0.2) is 12.7 Å². The summed E-state index contributed by atoms with van der Waals surface area (Å²) >= 11 is 1.69. The Morgan fingerprint density at radius 1 is 0.917 bits per heavy atom. The molecule has 5 heteroatoms. The van der Waals surface area contributed by atoms with Crippen molar-refractivity contribution in [1.82, 2.24) is 5.32 Å². The van der Waals surface area contributed by atoms with Gasteiger partial charge in [-0.3, -0.25) is 0 Å². The number of allylic oxidation sites excluding steroid dienone is 1. The molecule has 36 heavy (non-hydrogen) atoms. The lowest BCUT2D eigenvalue weighted by Crippen LogP contribution is -2.15. The smallest absolute Gasteiger partial charge is 0.126 e. The van der Waals surface area contributed by atoms with Crippen LogP contribution in [-0.2, 0) is 13.0 Å². The summed E-state index contributed by atoms with van der Waals surface area (Å²) in [4.78, 5) is 1.17. The van der Waals surface area contributed by atoms with Gasteiger partial charge in [0.1, 0.15) is 11.6 Å². The summed E-state index contributed by atoms with van der Waals surface area (Å²) in [6.45, 7) is 5.95. The molecule has 1 heterocycles. The summed E-state index contributed by atoms with van der Waals surface area (Å²) in [5.41, 5.74) is 8.36. The van der Waals surface area contributed by atoms with Crippen LogP contribution in [0.3, 0.4) is 0 Å². The maximum absolute atomic E-state index is 14.2. The lowest BCUT2D eigenvalue weighted by atomic mass is 9.92. The molecule has 4 rings (SSSR count). The van der Waals surface area contributed by atoms with E-state index in [1.807, 2.05) is 0 Å². The Labute approximate surface area is 219 Å². The van der Waals surface area contributed by atoms with Gasteiger partial charge in [0.15, 0.2) is 0 Å². The number of nitrogens with one attached hydrogen (secondary N) is 1. The van der Waals surface area contributed by atoms with E-state index in [9.17, 15) is 8.78 Å². The number of thiophene rings is 1. The van der Waals surface area contributed by atoms with Crippen molar-refractivity contribution in [3.8, 4) is 10.4 Å². The van der Waals surface area contributed by atoms with Crippen LogP contribution >= 0.6 is 20.6 Å². The third kappa shape index (κ3) is 6.97. The zero-order valence-corrected chi connectivity index (χ0v) is 22.8. The Kier molecular flexibility index (Phi) is 9.20. The van der Waals surface area contributed by atoms with Crippen molar-refractivity contribution in [3.05, 3.63) is 117 Å². The van der Waals surface area contributed by atoms with Gasteiger partial charge in [0.05, 0.1) is 0 Å². The second kappa shape index (κ2) is 12.5. The van der Waals surface area contributed by atoms with Crippen molar-refractivity contribution in [1.29, 1.82) is 0 Å². The molecule has 0 bridgehead atoms. The Bertz CT molecular complexity index is 1320. The second-order valence-corrected chi connectivity index (χ2v) is 10.7. The first-order valence-electron chi connectivity index (χ1n) is 12.2. The Morgan fingerprint density at radius 3 is 2.39 bits per heavy atom. The summed E-state index contributed by atoms with van der Waals surface area (Å²) in [5, 5.41) is 5.58. The van der Waals surface area contributed by atoms with Crippen LogP contribution in [0.15, 0.2) is 72.1 Å². The summed E-state index contributed by atoms with van der Waals surface area (Å²) in [5.74, 6) is -1.14. The zero-order valence-electron chi connectivity index (χ0n) is 20.8. The van der Waals surface area contributed by atoms with E-state index in [0.717, 1.165) is 54.0 Å². The maximum Gasteiger partial charge on any atom is 0.126 e. The van der Waals surface area contributed by atoms with Gasteiger partial charge < -0.3 is 5.32 Å². The molecule has 186 valence electrons. The molecule has 1 atom stereocenters. The van der Waals surface area contributed by atoms with E-state index in [1.54, 1.807) is 11.3 Å². The fourth-order valence-electron chi connectivity index (χ4n) is 4.24. The molecule has 1 unspecified atom stereocenters. The van der Waals surface area contributed by atoms with Gasteiger partial charge in [0.2, 0.25) is 0 Å². The molecule has 0 aliphatic heterocycles. The van der Waals surface area contributed by atoms with Crippen LogP contribution in [0.4, 0.5) is 8.78 Å². The predicted molar refractivity (Wildman–Crippen MR) is 155 cm³/mol. The third-order valence-corrected chi connectivity index (χ3v) is 7.63. The molecular weight excluding hydrogens is 487 g/mol. The van der Waals surface area contributed by atoms with Gasteiger partial charge in [-0.1, -0.05) is 42.5 Å². The van der Waals surface area contributed by atoms with Gasteiger partial charge in [0.25, 0.3) is 0 Å². The van der Waals surface area contributed by atoms with Crippen molar-refractivity contribution in [2.75, 3.05) is 12.7 Å². The highest BCUT2D eigenvalue weighted by Gasteiger charge is 2.12. The highest BCUT2D eigenvalue weighted by atomic mass is 32.1. The number of halogens is 2. The third-order valence-electron chi connectivity index (χ3n) is 6.32. The number of benzene rings is 3. The summed E-state index contributed by atoms with van der Waals surface area (Å²) < 4.78 is 28.5. The Hall–Kier alpha value is -2.65. The predicted octanol–water partition coefficient (Wildman–Crippen LogP) is 8.45. The van der Waals surface area contributed by atoms with Gasteiger partial charge in [-0.15, -0.1) is 20.6 Å². The molecule has 0 aliphatic rings. The zero-order chi connectivity index (χ0) is 25.5. The molecule has 1 N–H and O–H groups in total. The van der Waals surface area contributed by atoms with E-state index in [-0.39, 0.29) is 0 Å². The average molecular weight is 520 g/mol. The minimum absolute atomic E-state index is 0.561. The maximum atomic E-state index is 14.2. The molecule has 0 saturated carbocycles. The molecule has 0 radical (unpaired) electrons. The summed E-state index contributed by atoms with van der Waals surface area (Å²) in [6, 6.07) is 20.8. The first-order valence-corrected chi connectivity index (χ1v) is 13.9. The average Bonchev–Trinajstić information content (AvgIpc) is 3.39. The number of hydrogen-bond donors (Lipinski definition) is 1. The van der Waals surface area contributed by atoms with Crippen LogP contribution in [0.25, 0.3) is 22.1 Å². The SMILES string of the molecule is Cc1ccc(C/C(=C/c2ccc(CNCCCP)cc2-c2cccs2)c2cc(F)cc(F)c2)cc1C. The van der Waals surface area contributed by atoms with Crippen molar-refractivity contribution < 1.29 is 8.78 Å². The van der Waals surface area contributed by atoms with Crippen molar-refractivity contribution in [2.24, 2.45) is 0 Å². The second-order valence-electron chi connectivity index (χ2n) is 9.14. The molecular formula is C31H32F2NPS. The largest absolute Gasteiger partial charge is 0.313 e. The first-order chi connectivity index (χ1) is 17.4. The number of hydrogen-bond acceptors (Lipinski definition) is 2. The number of aryl methyl sites for hydroxylation is 2. The fraction of sp³-hybridized carbons (Fsp3) is 0.226. The highest BCUT2D eigenvalue weighted by Crippen LogP contribution is 2.33. The monoisotopic (exact) mass is 519 g/mol. The molecule has 1 aromatic heterocycles. The number of rotatable bonds is 10. The molecule has 0 fully saturated rings. The van der Waals surface area contributed by atoms with Gasteiger partial charge in [-0.2, -0.15) is 0 Å². The molecule has 3 aromatic carbocycles. The lowest BCUT2D eigenvalue weighted by molar-refractivity contribution is 0.582. The first kappa shape index (κ1) is 26.4. The lowest BCUT2D eigenvalue weighted by Gasteiger charge is -2.14. The molecule has 0 spiro atoms. The van der Waals surface area contributed by atoms with E-state index in [2.05, 4.69) is 88.4 Å². The van der Waals surface area contributed by atoms with E-state index in [0.29, 0.717) is 12.0 Å². The summed E-state index contributed by atoms with van der Waals surface area (Å²) in [6.07, 6.45) is 4.87. The quantitative estimate of drug-likeness (QED) is 0.126. The van der Waals surface area contributed by atoms with Crippen LogP contribution < -0.4 is 5.32 Å². The van der Waals surface area contributed by atoms with E-state index < -0.39 is 11.6 Å². The van der Waals surface area contributed by atoms with Crippen LogP contribution in [0.1, 0.15) is 39.8 Å².